The van der Waals surface area contributed by atoms with Crippen LogP contribution in [-0.4, -0.2) is 82.5 Å². The van der Waals surface area contributed by atoms with Crippen LogP contribution in [0.2, 0.25) is 0 Å². The first-order valence-corrected chi connectivity index (χ1v) is 21.4. The second-order valence-corrected chi connectivity index (χ2v) is 18.9. The van der Waals surface area contributed by atoms with E-state index in [9.17, 15) is 28.8 Å². The molecule has 10 rings (SSSR count). The summed E-state index contributed by atoms with van der Waals surface area (Å²) < 4.78 is 10.4. The zero-order valence-electron chi connectivity index (χ0n) is 36.3. The molecule has 0 radical (unpaired) electrons. The highest BCUT2D eigenvalue weighted by molar-refractivity contribution is 5.95. The van der Waals surface area contributed by atoms with Crippen molar-refractivity contribution in [3.8, 4) is 0 Å². The average molecular weight is 848 g/mol. The van der Waals surface area contributed by atoms with Gasteiger partial charge in [0.15, 0.2) is 0 Å². The largest absolute Gasteiger partial charge is 0.412 e. The number of anilines is 1. The van der Waals surface area contributed by atoms with Gasteiger partial charge in [-0.05, 0) is 85.3 Å². The van der Waals surface area contributed by atoms with Crippen LogP contribution in [0.15, 0.2) is 72.8 Å². The fraction of sp³-hybridized carbons (Fsp3) is 0.489. The Labute approximate surface area is 361 Å². The molecule has 0 aromatic heterocycles. The van der Waals surface area contributed by atoms with Crippen molar-refractivity contribution in [2.75, 3.05) is 18.0 Å². The van der Waals surface area contributed by atoms with Gasteiger partial charge in [0.05, 0.1) is 33.5 Å². The van der Waals surface area contributed by atoms with Gasteiger partial charge >= 0.3 is 24.1 Å². The summed E-state index contributed by atoms with van der Waals surface area (Å²) in [5.41, 5.74) is 22.2. The number of benzene rings is 3. The molecule has 0 spiro atoms. The van der Waals surface area contributed by atoms with Crippen LogP contribution >= 0.6 is 0 Å². The predicted octanol–water partition coefficient (Wildman–Crippen LogP) is 3.94. The molecule has 3 saturated heterocycles. The molecular weight excluding hydrogens is 791 g/mol. The van der Waals surface area contributed by atoms with Gasteiger partial charge in [-0.25, -0.2) is 19.2 Å². The molecule has 8 N–H and O–H groups in total. The average Bonchev–Trinajstić information content (AvgIpc) is 3.86. The molecular formula is C47H57N7O8. The maximum Gasteiger partial charge on any atom is 0.412 e. The van der Waals surface area contributed by atoms with Crippen molar-refractivity contribution >= 4 is 41.6 Å². The summed E-state index contributed by atoms with van der Waals surface area (Å²) in [7, 11) is 0. The topological polar surface area (TPSA) is 235 Å². The number of primary amides is 4. The van der Waals surface area contributed by atoms with Crippen molar-refractivity contribution in [2.24, 2.45) is 40.7 Å². The number of esters is 2. The Morgan fingerprint density at radius 2 is 1.06 bits per heavy atom. The zero-order valence-corrected chi connectivity index (χ0v) is 36.3. The first-order valence-electron chi connectivity index (χ1n) is 21.4. The third-order valence-corrected chi connectivity index (χ3v) is 15.8. The van der Waals surface area contributed by atoms with Crippen LogP contribution in [0.3, 0.4) is 0 Å². The van der Waals surface area contributed by atoms with E-state index in [1.54, 1.807) is 0 Å². The summed E-state index contributed by atoms with van der Waals surface area (Å²) in [4.78, 5) is 89.1. The molecule has 3 aromatic carbocycles. The molecule has 4 bridgehead atoms. The number of aryl methyl sites for hydroxylation is 1. The van der Waals surface area contributed by atoms with E-state index in [4.69, 9.17) is 32.4 Å². The van der Waals surface area contributed by atoms with E-state index in [1.807, 2.05) is 117 Å². The number of rotatable bonds is 11. The van der Waals surface area contributed by atoms with Crippen molar-refractivity contribution in [1.29, 1.82) is 0 Å². The Balaban J connectivity index is 1.50. The second kappa shape index (κ2) is 14.4. The van der Waals surface area contributed by atoms with Gasteiger partial charge in [-0.1, -0.05) is 101 Å². The number of likely N-dealkylation sites (tertiary alicyclic amines) is 2. The zero-order chi connectivity index (χ0) is 45.1. The molecule has 62 heavy (non-hydrogen) atoms. The van der Waals surface area contributed by atoms with E-state index in [0.717, 1.165) is 22.4 Å². The summed E-state index contributed by atoms with van der Waals surface area (Å²) >= 11 is 0. The highest BCUT2D eigenvalue weighted by atomic mass is 16.6. The molecule has 3 heterocycles. The first kappa shape index (κ1) is 42.9. The number of hydrogen-bond donors (Lipinski definition) is 4. The minimum Gasteiger partial charge on any atom is -0.375 e. The van der Waals surface area contributed by atoms with E-state index in [-0.39, 0.29) is 31.8 Å². The standard InChI is InChI=1S/C47H57N7O8/c1-25(2)35(37(55)61-41(50)59)52-22-20-44(39(48)57)29-10-14-31(15-11-29)46(44,52)34-24-28(6)43(7,54(34)33-18-8-27(5)9-19-33)47-32-16-12-30(13-17-32)45(47,40(49)58)21-23-53(47)36(26(3)4)38(56)62-42(51)60/h8-19,25-26,28,34-36H,20-24H2,1-7H3,(H2,48,57)(H2,49,58)(H2,50,59)(H2,51,60)/t28?,34?,35?,36?,43-,44?,45?,46-,47-/m1/s1. The number of ether oxygens (including phenoxy) is 2. The summed E-state index contributed by atoms with van der Waals surface area (Å²) in [5, 5.41) is 0. The number of carbonyl (C=O) groups excluding carboxylic acids is 6. The number of hydrogen-bond acceptors (Lipinski definition) is 11. The Kier molecular flexibility index (Phi) is 9.94. The lowest BCUT2D eigenvalue weighted by atomic mass is 9.49. The van der Waals surface area contributed by atoms with E-state index < -0.39 is 93.3 Å². The number of nitrogens with zero attached hydrogens (tertiary/aromatic N) is 3. The second-order valence-electron chi connectivity index (χ2n) is 18.9. The van der Waals surface area contributed by atoms with Gasteiger partial charge < -0.3 is 37.3 Å². The fourth-order valence-electron chi connectivity index (χ4n) is 13.7. The van der Waals surface area contributed by atoms with Crippen LogP contribution in [0.1, 0.15) is 88.6 Å². The molecule has 9 atom stereocenters. The van der Waals surface area contributed by atoms with Gasteiger partial charge in [0, 0.05) is 18.8 Å². The van der Waals surface area contributed by atoms with Crippen molar-refractivity contribution in [3.05, 3.63) is 101 Å². The molecule has 328 valence electrons. The maximum absolute atomic E-state index is 14.8. The Bertz CT molecular complexity index is 2370. The number of fused-ring (bicyclic) bond motifs is 4. The van der Waals surface area contributed by atoms with E-state index in [2.05, 4.69) is 18.7 Å². The summed E-state index contributed by atoms with van der Waals surface area (Å²) in [5.74, 6) is -4.13. The Morgan fingerprint density at radius 3 is 1.55 bits per heavy atom. The molecule has 7 aliphatic rings. The monoisotopic (exact) mass is 847 g/mol. The van der Waals surface area contributed by atoms with Crippen molar-refractivity contribution in [1.82, 2.24) is 9.80 Å². The molecule has 4 amide bonds. The van der Waals surface area contributed by atoms with Crippen LogP contribution in [0.5, 0.6) is 0 Å². The predicted molar refractivity (Wildman–Crippen MR) is 229 cm³/mol. The molecule has 15 nitrogen and oxygen atoms in total. The quantitative estimate of drug-likeness (QED) is 0.159. The first-order chi connectivity index (χ1) is 29.2. The minimum atomic E-state index is -1.43. The molecule has 6 unspecified atom stereocenters. The summed E-state index contributed by atoms with van der Waals surface area (Å²) in [6.07, 6.45) is -1.64. The van der Waals surface area contributed by atoms with Gasteiger partial charge in [0.1, 0.15) is 12.1 Å². The molecule has 4 aliphatic carbocycles. The van der Waals surface area contributed by atoms with Crippen LogP contribution in [0.4, 0.5) is 15.3 Å². The molecule has 3 aliphatic heterocycles. The fourth-order valence-corrected chi connectivity index (χ4v) is 13.7. The molecule has 3 fully saturated rings. The number of amides is 4. The lowest BCUT2D eigenvalue weighted by Gasteiger charge is -2.66. The van der Waals surface area contributed by atoms with Crippen molar-refractivity contribution < 1.29 is 38.2 Å². The third kappa shape index (κ3) is 5.11. The number of nitrogens with two attached hydrogens (primary N) is 4. The highest BCUT2D eigenvalue weighted by Gasteiger charge is 2.81. The van der Waals surface area contributed by atoms with E-state index >= 15 is 0 Å². The number of carbonyl (C=O) groups is 6. The smallest absolute Gasteiger partial charge is 0.375 e. The van der Waals surface area contributed by atoms with E-state index in [0.29, 0.717) is 17.5 Å². The van der Waals surface area contributed by atoms with Gasteiger partial charge in [-0.15, -0.1) is 0 Å². The van der Waals surface area contributed by atoms with Gasteiger partial charge in [0.2, 0.25) is 11.8 Å². The third-order valence-electron chi connectivity index (χ3n) is 15.8. The van der Waals surface area contributed by atoms with Crippen LogP contribution < -0.4 is 27.8 Å². The van der Waals surface area contributed by atoms with Crippen molar-refractivity contribution in [3.63, 3.8) is 0 Å². The summed E-state index contributed by atoms with van der Waals surface area (Å²) in [6.45, 7) is 14.1. The van der Waals surface area contributed by atoms with Gasteiger partial charge in [0.25, 0.3) is 0 Å². The van der Waals surface area contributed by atoms with Crippen molar-refractivity contribution in [2.45, 2.75) is 113 Å². The Hall–Kier alpha value is -5.80. The highest BCUT2D eigenvalue weighted by Crippen LogP contribution is 2.71. The molecule has 15 heteroatoms. The van der Waals surface area contributed by atoms with Crippen LogP contribution in [-0.2, 0) is 50.6 Å². The molecule has 0 saturated carbocycles. The SMILES string of the molecule is Cc1ccc(N2C([C@]34c5ccc(cc5)C3(C(N)=O)CCN4C(C(=O)OC(N)=O)C(C)C)CC(C)[C@]2(C)[C@]23c4ccc(cc4)C2(C(N)=O)CCN3C(C(=O)OC(N)=O)C(C)C)cc1. The van der Waals surface area contributed by atoms with Crippen LogP contribution in [0, 0.1) is 24.7 Å². The minimum absolute atomic E-state index is 0.211. The molecule has 3 aromatic rings. The normalized spacial score (nSPS) is 31.8. The van der Waals surface area contributed by atoms with Crippen LogP contribution in [0.25, 0.3) is 0 Å². The Morgan fingerprint density at radius 1 is 0.629 bits per heavy atom. The van der Waals surface area contributed by atoms with E-state index in [1.165, 1.54) is 0 Å². The lowest BCUT2D eigenvalue weighted by molar-refractivity contribution is -0.154. The maximum atomic E-state index is 14.8. The lowest BCUT2D eigenvalue weighted by Crippen LogP contribution is -2.79. The van der Waals surface area contributed by atoms with Gasteiger partial charge in [-0.2, -0.15) is 0 Å². The summed E-state index contributed by atoms with van der Waals surface area (Å²) in [6, 6.07) is 20.7. The van der Waals surface area contributed by atoms with Gasteiger partial charge in [-0.3, -0.25) is 19.4 Å².